The molecule has 0 unspecified atom stereocenters. The standard InChI is InChI=1S/C27H34N8O2/c1-6-7-10-23(17-28)11-9-16-35(20-36)26(33-27(37)32-24-12-8-15-30-18-24)31-22(3)13-14-25(29)21(2)19-34(4)5/h7-8,10-15,18-20,29H,3,6,9,16H2,1-2,4-5H3,(H2,31,32,33,37)/b10-7-,14-13-,21-19-,23-11+,29-25?. The van der Waals surface area contributed by atoms with Crippen LogP contribution in [0.15, 0.2) is 89.5 Å². The van der Waals surface area contributed by atoms with E-state index in [-0.39, 0.29) is 18.2 Å². The van der Waals surface area contributed by atoms with Crippen molar-refractivity contribution in [3.63, 3.8) is 0 Å². The molecule has 1 aromatic heterocycles. The molecular weight excluding hydrogens is 468 g/mol. The van der Waals surface area contributed by atoms with Gasteiger partial charge in [0.1, 0.15) is 0 Å². The summed E-state index contributed by atoms with van der Waals surface area (Å²) in [6, 6.07) is 4.69. The maximum Gasteiger partial charge on any atom is 0.348 e. The molecule has 0 aliphatic rings. The Morgan fingerprint density at radius 1 is 1.32 bits per heavy atom. The summed E-state index contributed by atoms with van der Waals surface area (Å²) in [7, 11) is 3.73. The lowest BCUT2D eigenvalue weighted by Crippen LogP contribution is -2.41. The molecule has 1 rings (SSSR count). The number of aliphatic imine (C=N–C) groups is 1. The Bertz CT molecular complexity index is 1140. The SMILES string of the molecule is C=C(/C=C\C(=N)/C(C)=C\N(C)C)N/C(=N/C(=O)Nc1cccnc1)N(C=O)CC/C=C(C#N)\C=C/CC. The van der Waals surface area contributed by atoms with Gasteiger partial charge in [-0.2, -0.15) is 10.3 Å². The van der Waals surface area contributed by atoms with Crippen molar-refractivity contribution < 1.29 is 9.59 Å². The highest BCUT2D eigenvalue weighted by Gasteiger charge is 2.13. The second-order valence-electron chi connectivity index (χ2n) is 7.95. The minimum absolute atomic E-state index is 0.0610. The summed E-state index contributed by atoms with van der Waals surface area (Å²) in [6.07, 6.45) is 14.9. The molecule has 10 nitrogen and oxygen atoms in total. The average Bonchev–Trinajstić information content (AvgIpc) is 2.86. The van der Waals surface area contributed by atoms with Crippen molar-refractivity contribution in [2.24, 2.45) is 4.99 Å². The second-order valence-corrected chi connectivity index (χ2v) is 7.95. The average molecular weight is 503 g/mol. The molecule has 0 aromatic carbocycles. The molecule has 1 heterocycles. The van der Waals surface area contributed by atoms with Crippen molar-refractivity contribution in [1.82, 2.24) is 20.1 Å². The molecular formula is C27H34N8O2. The fraction of sp³-hybridized carbons (Fsp3) is 0.259. The zero-order valence-corrected chi connectivity index (χ0v) is 21.7. The van der Waals surface area contributed by atoms with Crippen molar-refractivity contribution in [3.05, 3.63) is 84.5 Å². The number of hydrogen-bond donors (Lipinski definition) is 3. The van der Waals surface area contributed by atoms with Gasteiger partial charge in [0, 0.05) is 44.3 Å². The first-order valence-electron chi connectivity index (χ1n) is 11.6. The van der Waals surface area contributed by atoms with Crippen LogP contribution in [0.4, 0.5) is 10.5 Å². The molecule has 0 saturated heterocycles. The summed E-state index contributed by atoms with van der Waals surface area (Å²) in [5, 5.41) is 22.9. The number of carbonyl (C=O) groups is 2. The number of amides is 3. The number of pyridine rings is 1. The van der Waals surface area contributed by atoms with Gasteiger partial charge >= 0.3 is 6.03 Å². The summed E-state index contributed by atoms with van der Waals surface area (Å²) < 4.78 is 0. The van der Waals surface area contributed by atoms with Crippen molar-refractivity contribution in [1.29, 1.82) is 10.7 Å². The van der Waals surface area contributed by atoms with E-state index in [1.54, 1.807) is 42.6 Å². The third-order valence-corrected chi connectivity index (χ3v) is 4.52. The number of nitrogens with zero attached hydrogens (tertiary/aromatic N) is 5. The highest BCUT2D eigenvalue weighted by molar-refractivity contribution is 6.06. The third kappa shape index (κ3) is 12.5. The Morgan fingerprint density at radius 3 is 2.68 bits per heavy atom. The Morgan fingerprint density at radius 2 is 2.08 bits per heavy atom. The van der Waals surface area contributed by atoms with Gasteiger partial charge in [-0.25, -0.2) is 4.79 Å². The van der Waals surface area contributed by atoms with E-state index < -0.39 is 6.03 Å². The number of urea groups is 1. The lowest BCUT2D eigenvalue weighted by atomic mass is 10.2. The first-order valence-corrected chi connectivity index (χ1v) is 11.6. The molecule has 194 valence electrons. The zero-order valence-electron chi connectivity index (χ0n) is 21.7. The van der Waals surface area contributed by atoms with Crippen molar-refractivity contribution in [2.45, 2.75) is 26.7 Å². The summed E-state index contributed by atoms with van der Waals surface area (Å²) in [6.45, 7) is 7.82. The van der Waals surface area contributed by atoms with Crippen LogP contribution in [0.25, 0.3) is 0 Å². The largest absolute Gasteiger partial charge is 0.383 e. The molecule has 0 bridgehead atoms. The van der Waals surface area contributed by atoms with E-state index >= 15 is 0 Å². The van der Waals surface area contributed by atoms with Crippen LogP contribution in [-0.4, -0.2) is 59.5 Å². The van der Waals surface area contributed by atoms with Gasteiger partial charge in [0.2, 0.25) is 12.4 Å². The fourth-order valence-corrected chi connectivity index (χ4v) is 2.77. The van der Waals surface area contributed by atoms with Gasteiger partial charge in [-0.15, -0.1) is 0 Å². The number of aromatic nitrogens is 1. The van der Waals surface area contributed by atoms with Crippen molar-refractivity contribution >= 4 is 29.8 Å². The molecule has 0 spiro atoms. The molecule has 1 aromatic rings. The van der Waals surface area contributed by atoms with Crippen LogP contribution in [0.5, 0.6) is 0 Å². The molecule has 0 aliphatic heterocycles. The lowest BCUT2D eigenvalue weighted by molar-refractivity contribution is -0.114. The number of guanidine groups is 1. The van der Waals surface area contributed by atoms with E-state index in [4.69, 9.17) is 5.41 Å². The summed E-state index contributed by atoms with van der Waals surface area (Å²) in [5.41, 5.74) is 2.23. The van der Waals surface area contributed by atoms with Gasteiger partial charge in [0.25, 0.3) is 0 Å². The minimum atomic E-state index is -0.726. The smallest absolute Gasteiger partial charge is 0.348 e. The van der Waals surface area contributed by atoms with Gasteiger partial charge in [-0.1, -0.05) is 25.7 Å². The molecule has 37 heavy (non-hydrogen) atoms. The monoisotopic (exact) mass is 502 g/mol. The minimum Gasteiger partial charge on any atom is -0.383 e. The van der Waals surface area contributed by atoms with Crippen LogP contribution >= 0.6 is 0 Å². The molecule has 3 amide bonds. The van der Waals surface area contributed by atoms with Crippen LogP contribution in [0.1, 0.15) is 26.7 Å². The predicted molar refractivity (Wildman–Crippen MR) is 148 cm³/mol. The topological polar surface area (TPSA) is 138 Å². The Kier molecular flexibility index (Phi) is 13.7. The number of nitriles is 1. The van der Waals surface area contributed by atoms with E-state index in [0.717, 1.165) is 12.0 Å². The fourth-order valence-electron chi connectivity index (χ4n) is 2.77. The lowest BCUT2D eigenvalue weighted by Gasteiger charge is -2.20. The van der Waals surface area contributed by atoms with Gasteiger partial charge in [0.05, 0.1) is 23.7 Å². The van der Waals surface area contributed by atoms with Gasteiger partial charge in [0.15, 0.2) is 0 Å². The zero-order chi connectivity index (χ0) is 27.6. The highest BCUT2D eigenvalue weighted by Crippen LogP contribution is 2.06. The predicted octanol–water partition coefficient (Wildman–Crippen LogP) is 4.38. The number of anilines is 1. The van der Waals surface area contributed by atoms with Crippen LogP contribution < -0.4 is 10.6 Å². The maximum atomic E-state index is 12.6. The van der Waals surface area contributed by atoms with E-state index in [0.29, 0.717) is 29.8 Å². The molecule has 0 fully saturated rings. The number of rotatable bonds is 12. The Labute approximate surface area is 218 Å². The molecule has 3 N–H and O–H groups in total. The quantitative estimate of drug-likeness (QED) is 0.127. The number of carbonyl (C=O) groups excluding carboxylic acids is 2. The first-order chi connectivity index (χ1) is 17.7. The van der Waals surface area contributed by atoms with E-state index in [1.807, 2.05) is 45.1 Å². The van der Waals surface area contributed by atoms with Crippen molar-refractivity contribution in [2.75, 3.05) is 26.0 Å². The van der Waals surface area contributed by atoms with Crippen LogP contribution in [-0.2, 0) is 4.79 Å². The van der Waals surface area contributed by atoms with E-state index in [1.165, 1.54) is 11.1 Å². The first kappa shape index (κ1) is 30.3. The van der Waals surface area contributed by atoms with E-state index in [2.05, 4.69) is 33.3 Å². The molecule has 0 atom stereocenters. The number of allylic oxidation sites excluding steroid dienone is 6. The van der Waals surface area contributed by atoms with Gasteiger partial charge < -0.3 is 20.9 Å². The van der Waals surface area contributed by atoms with Crippen LogP contribution in [0.3, 0.4) is 0 Å². The van der Waals surface area contributed by atoms with Gasteiger partial charge in [-0.3, -0.25) is 14.7 Å². The Hall–Kier alpha value is -4.78. The molecule has 0 aliphatic carbocycles. The van der Waals surface area contributed by atoms with Crippen molar-refractivity contribution in [3.8, 4) is 6.07 Å². The van der Waals surface area contributed by atoms with Crippen LogP contribution in [0.2, 0.25) is 0 Å². The third-order valence-electron chi connectivity index (χ3n) is 4.52. The molecule has 0 saturated carbocycles. The second kappa shape index (κ2) is 16.8. The number of hydrogen-bond acceptors (Lipinski definition) is 6. The molecule has 10 heteroatoms. The molecule has 0 radical (unpaired) electrons. The Balaban J connectivity index is 3.12. The highest BCUT2D eigenvalue weighted by atomic mass is 16.2. The van der Waals surface area contributed by atoms with E-state index in [9.17, 15) is 14.9 Å². The normalized spacial score (nSPS) is 12.2. The van der Waals surface area contributed by atoms with Gasteiger partial charge in [-0.05, 0) is 55.7 Å². The summed E-state index contributed by atoms with van der Waals surface area (Å²) in [5.74, 6) is -0.0610. The van der Waals surface area contributed by atoms with Crippen LogP contribution in [0, 0.1) is 16.7 Å². The maximum absolute atomic E-state index is 12.6. The number of nitrogens with one attached hydrogen (secondary N) is 3. The summed E-state index contributed by atoms with van der Waals surface area (Å²) in [4.78, 5) is 35.5. The summed E-state index contributed by atoms with van der Waals surface area (Å²) >= 11 is 0.